The van der Waals surface area contributed by atoms with Crippen LogP contribution in [0.2, 0.25) is 4.78 Å². The van der Waals surface area contributed by atoms with Crippen LogP contribution in [0, 0.1) is 0 Å². The molecule has 0 aromatic rings. The number of nitrogens with two attached hydrogens (primary N) is 1. The zero-order valence-corrected chi connectivity index (χ0v) is 10.7. The predicted octanol–water partition coefficient (Wildman–Crippen LogP) is -0.0816. The Morgan fingerprint density at radius 1 is 1.60 bits per heavy atom. The van der Waals surface area contributed by atoms with Crippen LogP contribution in [-0.4, -0.2) is 51.9 Å². The Bertz CT molecular complexity index is 259. The normalized spacial score (nSPS) is 33.3. The maximum Gasteiger partial charge on any atom is 0.406 e. The number of hydrogen-bond acceptors (Lipinski definition) is 2. The highest BCUT2D eigenvalue weighted by Gasteiger charge is 2.41. The lowest BCUT2D eigenvalue weighted by molar-refractivity contribution is -0.169. The van der Waals surface area contributed by atoms with Crippen LogP contribution in [0.15, 0.2) is 0 Å². The van der Waals surface area contributed by atoms with E-state index in [1.165, 1.54) is 0 Å². The monoisotopic (exact) mass is 238 g/mol. The SMILES string of the molecule is C[C@@H]1[C@H]([AlH2])C[C@H](N)C(=O)N1CC(F)(F)F. The zero-order chi connectivity index (χ0) is 11.8. The van der Waals surface area contributed by atoms with E-state index >= 15 is 0 Å². The molecule has 1 aliphatic rings. The summed E-state index contributed by atoms with van der Waals surface area (Å²) in [5.41, 5.74) is 5.50. The summed E-state index contributed by atoms with van der Waals surface area (Å²) in [5, 5.41) is 0. The van der Waals surface area contributed by atoms with Gasteiger partial charge in [-0.2, -0.15) is 13.2 Å². The molecule has 0 unspecified atom stereocenters. The molecule has 1 aliphatic heterocycles. The molecule has 0 aromatic heterocycles. The van der Waals surface area contributed by atoms with Crippen LogP contribution in [0.1, 0.15) is 13.3 Å². The number of alkyl halides is 3. The average molecular weight is 238 g/mol. The number of likely N-dealkylation sites (tertiary alicyclic amines) is 1. The zero-order valence-electron chi connectivity index (χ0n) is 8.71. The van der Waals surface area contributed by atoms with Crippen molar-refractivity contribution < 1.29 is 18.0 Å². The van der Waals surface area contributed by atoms with Crippen molar-refractivity contribution in [3.8, 4) is 0 Å². The molecule has 0 aliphatic carbocycles. The van der Waals surface area contributed by atoms with Gasteiger partial charge in [0.05, 0.1) is 6.04 Å². The van der Waals surface area contributed by atoms with Gasteiger partial charge in [-0.3, -0.25) is 4.79 Å². The van der Waals surface area contributed by atoms with E-state index in [0.29, 0.717) is 6.42 Å². The molecule has 0 spiro atoms. The molecule has 7 heteroatoms. The second-order valence-electron chi connectivity index (χ2n) is 4.14. The molecular formula is C8H14AlF3N2O. The summed E-state index contributed by atoms with van der Waals surface area (Å²) in [7, 11) is 0. The van der Waals surface area contributed by atoms with Gasteiger partial charge in [-0.25, -0.2) is 0 Å². The summed E-state index contributed by atoms with van der Waals surface area (Å²) in [5.74, 6) is -0.577. The molecule has 0 aromatic carbocycles. The Kier molecular flexibility index (Phi) is 3.69. The number of nitrogens with zero attached hydrogens (tertiary/aromatic N) is 1. The maximum atomic E-state index is 12.2. The molecule has 2 N–H and O–H groups in total. The van der Waals surface area contributed by atoms with Crippen LogP contribution in [0.4, 0.5) is 13.2 Å². The van der Waals surface area contributed by atoms with E-state index in [0.717, 1.165) is 21.2 Å². The van der Waals surface area contributed by atoms with Crippen molar-refractivity contribution in [2.24, 2.45) is 5.73 Å². The first-order valence-corrected chi connectivity index (χ1v) is 6.00. The molecule has 0 radical (unpaired) electrons. The van der Waals surface area contributed by atoms with E-state index < -0.39 is 24.7 Å². The molecule has 86 valence electrons. The van der Waals surface area contributed by atoms with E-state index in [9.17, 15) is 18.0 Å². The second-order valence-corrected chi connectivity index (χ2v) is 5.62. The Hall–Kier alpha value is -0.248. The standard InChI is InChI=1S/C8H12F3N2O.Al.2H/c1-5-2-3-6(12)7(14)13(5)4-8(9,10)11;;;/h2,5-6H,3-4,12H2,1H3;;;/t5-,6+;;;/m1.../s1. The quantitative estimate of drug-likeness (QED) is 0.649. The number of carbonyl (C=O) groups is 1. The van der Waals surface area contributed by atoms with Gasteiger partial charge in [0.1, 0.15) is 6.54 Å². The smallest absolute Gasteiger partial charge is 0.331 e. The highest BCUT2D eigenvalue weighted by Crippen LogP contribution is 2.29. The number of rotatable bonds is 1. The van der Waals surface area contributed by atoms with Crippen molar-refractivity contribution >= 4 is 22.2 Å². The highest BCUT2D eigenvalue weighted by atomic mass is 27.0. The van der Waals surface area contributed by atoms with Crippen molar-refractivity contribution in [3.63, 3.8) is 0 Å². The second kappa shape index (κ2) is 4.32. The fraction of sp³-hybridized carbons (Fsp3) is 0.875. The number of hydrogen-bond donors (Lipinski definition) is 1. The molecule has 1 fully saturated rings. The average Bonchev–Trinajstić information content (AvgIpc) is 2.08. The highest BCUT2D eigenvalue weighted by molar-refractivity contribution is 6.13. The fourth-order valence-corrected chi connectivity index (χ4v) is 2.70. The van der Waals surface area contributed by atoms with Gasteiger partial charge in [0.2, 0.25) is 22.2 Å². The van der Waals surface area contributed by atoms with Gasteiger partial charge in [-0.15, -0.1) is 0 Å². The van der Waals surface area contributed by atoms with Gasteiger partial charge in [0, 0.05) is 6.04 Å². The minimum absolute atomic E-state index is 0.139. The minimum atomic E-state index is -4.34. The van der Waals surface area contributed by atoms with Crippen LogP contribution in [0.5, 0.6) is 0 Å². The third-order valence-electron chi connectivity index (χ3n) is 2.89. The number of carbonyl (C=O) groups excluding carboxylic acids is 1. The Balaban J connectivity index is 2.78. The molecule has 1 amide bonds. The first-order chi connectivity index (χ1) is 6.72. The van der Waals surface area contributed by atoms with Crippen molar-refractivity contribution in [1.29, 1.82) is 0 Å². The first kappa shape index (κ1) is 12.8. The minimum Gasteiger partial charge on any atom is -0.331 e. The lowest BCUT2D eigenvalue weighted by Crippen LogP contribution is -2.57. The summed E-state index contributed by atoms with van der Waals surface area (Å²) in [6.07, 6.45) is -3.83. The summed E-state index contributed by atoms with van der Waals surface area (Å²) in [6, 6.07) is -1.10. The van der Waals surface area contributed by atoms with Crippen LogP contribution in [0.3, 0.4) is 0 Å². The summed E-state index contributed by atoms with van der Waals surface area (Å²) in [4.78, 5) is 12.3. The fourth-order valence-electron chi connectivity index (χ4n) is 1.83. The number of amides is 1. The molecular weight excluding hydrogens is 224 g/mol. The Labute approximate surface area is 94.2 Å². The predicted molar refractivity (Wildman–Crippen MR) is 52.1 cm³/mol. The van der Waals surface area contributed by atoms with E-state index in [-0.39, 0.29) is 10.8 Å². The third kappa shape index (κ3) is 3.10. The van der Waals surface area contributed by atoms with Gasteiger partial charge >= 0.3 is 6.18 Å². The van der Waals surface area contributed by atoms with Gasteiger partial charge in [-0.05, 0) is 13.3 Å². The van der Waals surface area contributed by atoms with Gasteiger partial charge in [0.15, 0.2) is 0 Å². The molecule has 1 heterocycles. The first-order valence-electron chi connectivity index (χ1n) is 4.85. The molecule has 3 nitrogen and oxygen atoms in total. The van der Waals surface area contributed by atoms with Crippen LogP contribution < -0.4 is 5.73 Å². The van der Waals surface area contributed by atoms with Crippen LogP contribution in [0.25, 0.3) is 0 Å². The molecule has 1 rings (SSSR count). The lowest BCUT2D eigenvalue weighted by atomic mass is 9.98. The maximum absolute atomic E-state index is 12.2. The largest absolute Gasteiger partial charge is 0.406 e. The molecule has 15 heavy (non-hydrogen) atoms. The summed E-state index contributed by atoms with van der Waals surface area (Å²) >= 11 is 0.752. The van der Waals surface area contributed by atoms with Gasteiger partial charge in [-0.1, -0.05) is 4.78 Å². The summed E-state index contributed by atoms with van der Waals surface area (Å²) < 4.78 is 36.8. The molecule has 0 saturated carbocycles. The van der Waals surface area contributed by atoms with Crippen molar-refractivity contribution in [3.05, 3.63) is 0 Å². The van der Waals surface area contributed by atoms with Crippen LogP contribution >= 0.6 is 0 Å². The molecule has 1 saturated heterocycles. The van der Waals surface area contributed by atoms with Gasteiger partial charge < -0.3 is 10.6 Å². The lowest BCUT2D eigenvalue weighted by Gasteiger charge is -2.41. The molecule has 0 bridgehead atoms. The van der Waals surface area contributed by atoms with E-state index in [2.05, 4.69) is 0 Å². The van der Waals surface area contributed by atoms with Crippen molar-refractivity contribution in [1.82, 2.24) is 4.90 Å². The van der Waals surface area contributed by atoms with Crippen molar-refractivity contribution in [2.75, 3.05) is 6.54 Å². The van der Waals surface area contributed by atoms with Crippen LogP contribution in [-0.2, 0) is 4.79 Å². The number of piperidine rings is 1. The Morgan fingerprint density at radius 2 is 2.13 bits per heavy atom. The third-order valence-corrected chi connectivity index (χ3v) is 4.33. The molecule has 3 atom stereocenters. The van der Waals surface area contributed by atoms with Crippen molar-refractivity contribution in [2.45, 2.75) is 36.4 Å². The van der Waals surface area contributed by atoms with E-state index in [4.69, 9.17) is 5.73 Å². The topological polar surface area (TPSA) is 46.3 Å². The number of halogens is 3. The summed E-state index contributed by atoms with van der Waals surface area (Å²) in [6.45, 7) is 0.479. The van der Waals surface area contributed by atoms with E-state index in [1.54, 1.807) is 6.92 Å². The van der Waals surface area contributed by atoms with E-state index in [1.807, 2.05) is 0 Å². The van der Waals surface area contributed by atoms with Gasteiger partial charge in [0.25, 0.3) is 0 Å². The Morgan fingerprint density at radius 3 is 2.60 bits per heavy atom.